The Hall–Kier alpha value is -3.38. The number of benzene rings is 1. The number of hydrogen-bond donors (Lipinski definition) is 2. The van der Waals surface area contributed by atoms with Gasteiger partial charge in [0.2, 0.25) is 5.91 Å². The fraction of sp³-hybridized carbons (Fsp3) is 0.238. The highest BCUT2D eigenvalue weighted by molar-refractivity contribution is 7.99. The number of amides is 1. The molecule has 0 spiro atoms. The molecule has 154 valence electrons. The first-order chi connectivity index (χ1) is 14.6. The zero-order chi connectivity index (χ0) is 21.3. The van der Waals surface area contributed by atoms with E-state index in [1.165, 1.54) is 28.6 Å². The van der Waals surface area contributed by atoms with E-state index in [-0.39, 0.29) is 17.5 Å². The van der Waals surface area contributed by atoms with Crippen molar-refractivity contribution in [1.82, 2.24) is 20.1 Å². The minimum atomic E-state index is -0.362. The zero-order valence-corrected chi connectivity index (χ0v) is 17.0. The maximum Gasteiger partial charge on any atom is 0.230 e. The molecule has 1 amide bonds. The van der Waals surface area contributed by atoms with Crippen LogP contribution in [0, 0.1) is 17.1 Å². The first kappa shape index (κ1) is 21.3. The van der Waals surface area contributed by atoms with Crippen LogP contribution in [0.1, 0.15) is 23.4 Å². The largest absolute Gasteiger partial charge is 0.382 e. The van der Waals surface area contributed by atoms with E-state index < -0.39 is 0 Å². The molecule has 0 unspecified atom stereocenters. The molecule has 0 saturated heterocycles. The van der Waals surface area contributed by atoms with Crippen molar-refractivity contribution in [3.63, 3.8) is 0 Å². The molecule has 7 nitrogen and oxygen atoms in total. The Labute approximate surface area is 178 Å². The van der Waals surface area contributed by atoms with Gasteiger partial charge in [-0.2, -0.15) is 10.4 Å². The van der Waals surface area contributed by atoms with Gasteiger partial charge in [0.1, 0.15) is 23.3 Å². The molecular weight excluding hydrogens is 403 g/mol. The van der Waals surface area contributed by atoms with Crippen molar-refractivity contribution >= 4 is 23.5 Å². The molecule has 1 aromatic carbocycles. The third kappa shape index (κ3) is 5.58. The number of aromatic nitrogens is 3. The Morgan fingerprint density at radius 3 is 2.77 bits per heavy atom. The molecule has 30 heavy (non-hydrogen) atoms. The van der Waals surface area contributed by atoms with E-state index in [1.807, 2.05) is 18.2 Å². The number of carbonyl (C=O) groups is 1. The first-order valence-electron chi connectivity index (χ1n) is 9.36. The van der Waals surface area contributed by atoms with Crippen molar-refractivity contribution in [2.75, 3.05) is 18.0 Å². The number of nitrogen functional groups attached to an aromatic ring is 1. The van der Waals surface area contributed by atoms with Crippen molar-refractivity contribution in [3.05, 3.63) is 71.4 Å². The third-order valence-electron chi connectivity index (χ3n) is 4.30. The van der Waals surface area contributed by atoms with Crippen LogP contribution in [0.2, 0.25) is 0 Å². The number of hydrogen-bond acceptors (Lipinski definition) is 6. The molecule has 2 aromatic heterocycles. The summed E-state index contributed by atoms with van der Waals surface area (Å²) in [5.41, 5.74) is 8.42. The topological polar surface area (TPSA) is 110 Å². The van der Waals surface area contributed by atoms with Crippen LogP contribution in [-0.2, 0) is 17.0 Å². The number of halogens is 1. The molecule has 0 aliphatic rings. The summed E-state index contributed by atoms with van der Waals surface area (Å²) in [5, 5.41) is 16.7. The number of aryl methyl sites for hydroxylation is 1. The predicted octanol–water partition coefficient (Wildman–Crippen LogP) is 2.84. The van der Waals surface area contributed by atoms with Gasteiger partial charge in [-0.25, -0.2) is 9.07 Å². The molecule has 0 radical (unpaired) electrons. The third-order valence-corrected chi connectivity index (χ3v) is 5.26. The van der Waals surface area contributed by atoms with Crippen molar-refractivity contribution in [3.8, 4) is 11.8 Å². The minimum absolute atomic E-state index is 0.0483. The van der Waals surface area contributed by atoms with Crippen LogP contribution in [0.4, 0.5) is 10.2 Å². The van der Waals surface area contributed by atoms with E-state index in [9.17, 15) is 14.4 Å². The van der Waals surface area contributed by atoms with Crippen LogP contribution in [0.15, 0.2) is 48.7 Å². The zero-order valence-electron chi connectivity index (χ0n) is 16.2. The lowest BCUT2D eigenvalue weighted by atomic mass is 10.1. The number of pyridine rings is 1. The fourth-order valence-electron chi connectivity index (χ4n) is 2.82. The van der Waals surface area contributed by atoms with Gasteiger partial charge in [0.25, 0.3) is 0 Å². The van der Waals surface area contributed by atoms with Crippen LogP contribution in [0.3, 0.4) is 0 Å². The molecule has 0 saturated carbocycles. The number of nitrogens with two attached hydrogens (primary N) is 1. The quantitative estimate of drug-likeness (QED) is 0.511. The Morgan fingerprint density at radius 1 is 1.27 bits per heavy atom. The summed E-state index contributed by atoms with van der Waals surface area (Å²) in [7, 11) is 0. The molecule has 0 aliphatic heterocycles. The Balaban J connectivity index is 1.47. The summed E-state index contributed by atoms with van der Waals surface area (Å²) in [6, 6.07) is 13.5. The summed E-state index contributed by atoms with van der Waals surface area (Å²) in [6.45, 7) is 0.469. The summed E-state index contributed by atoms with van der Waals surface area (Å²) >= 11 is 1.50. The lowest BCUT2D eigenvalue weighted by molar-refractivity contribution is -0.118. The number of thioether (sulfide) groups is 1. The van der Waals surface area contributed by atoms with E-state index in [4.69, 9.17) is 5.73 Å². The van der Waals surface area contributed by atoms with Crippen LogP contribution in [0.25, 0.3) is 5.69 Å². The van der Waals surface area contributed by atoms with Crippen molar-refractivity contribution < 1.29 is 9.18 Å². The molecule has 9 heteroatoms. The van der Waals surface area contributed by atoms with Gasteiger partial charge in [-0.3, -0.25) is 9.78 Å². The number of nitriles is 1. The van der Waals surface area contributed by atoms with Gasteiger partial charge in [0.05, 0.1) is 22.8 Å². The van der Waals surface area contributed by atoms with Gasteiger partial charge in [-0.1, -0.05) is 6.07 Å². The Kier molecular flexibility index (Phi) is 7.40. The normalized spacial score (nSPS) is 10.5. The van der Waals surface area contributed by atoms with E-state index >= 15 is 0 Å². The molecule has 0 bridgehead atoms. The van der Waals surface area contributed by atoms with Gasteiger partial charge in [0.15, 0.2) is 0 Å². The minimum Gasteiger partial charge on any atom is -0.382 e. The van der Waals surface area contributed by atoms with Crippen LogP contribution >= 0.6 is 11.8 Å². The second-order valence-corrected chi connectivity index (χ2v) is 7.46. The van der Waals surface area contributed by atoms with E-state index in [0.29, 0.717) is 47.8 Å². The van der Waals surface area contributed by atoms with Crippen molar-refractivity contribution in [2.45, 2.75) is 18.6 Å². The lowest BCUT2D eigenvalue weighted by Gasteiger charge is -2.05. The number of rotatable bonds is 9. The first-order valence-corrected chi connectivity index (χ1v) is 10.5. The van der Waals surface area contributed by atoms with Crippen molar-refractivity contribution in [1.29, 1.82) is 5.26 Å². The number of nitrogens with one attached hydrogen (secondary N) is 1. The standard InChI is InChI=1S/C21H21FN6OS/c22-15-6-8-17(9-7-15)28-21(24)18(12-23)19(27-28)5-3-11-26-20(29)14-30-13-16-4-1-2-10-25-16/h1-2,4,6-10H,3,5,11,13-14,24H2,(H,26,29). The highest BCUT2D eigenvalue weighted by atomic mass is 32.2. The summed E-state index contributed by atoms with van der Waals surface area (Å²) in [4.78, 5) is 16.2. The van der Waals surface area contributed by atoms with Gasteiger partial charge in [-0.05, 0) is 49.2 Å². The highest BCUT2D eigenvalue weighted by Crippen LogP contribution is 2.21. The van der Waals surface area contributed by atoms with Gasteiger partial charge in [-0.15, -0.1) is 11.8 Å². The number of carbonyl (C=O) groups excluding carboxylic acids is 1. The average molecular weight is 425 g/mol. The highest BCUT2D eigenvalue weighted by Gasteiger charge is 2.16. The molecule has 2 heterocycles. The number of nitrogens with zero attached hydrogens (tertiary/aromatic N) is 4. The smallest absolute Gasteiger partial charge is 0.230 e. The van der Waals surface area contributed by atoms with Crippen LogP contribution < -0.4 is 11.1 Å². The van der Waals surface area contributed by atoms with E-state index in [0.717, 1.165) is 5.69 Å². The molecule has 0 fully saturated rings. The molecule has 3 rings (SSSR count). The van der Waals surface area contributed by atoms with Crippen LogP contribution in [0.5, 0.6) is 0 Å². The lowest BCUT2D eigenvalue weighted by Crippen LogP contribution is -2.26. The number of anilines is 1. The van der Waals surface area contributed by atoms with E-state index in [2.05, 4.69) is 21.5 Å². The Morgan fingerprint density at radius 2 is 2.07 bits per heavy atom. The van der Waals surface area contributed by atoms with Gasteiger partial charge < -0.3 is 11.1 Å². The maximum absolute atomic E-state index is 13.1. The monoisotopic (exact) mass is 424 g/mol. The second-order valence-electron chi connectivity index (χ2n) is 6.47. The van der Waals surface area contributed by atoms with E-state index in [1.54, 1.807) is 18.3 Å². The predicted molar refractivity (Wildman–Crippen MR) is 114 cm³/mol. The SMILES string of the molecule is N#Cc1c(CCCNC(=O)CSCc2ccccn2)nn(-c2ccc(F)cc2)c1N. The van der Waals surface area contributed by atoms with Gasteiger partial charge >= 0.3 is 0 Å². The van der Waals surface area contributed by atoms with Gasteiger partial charge in [0, 0.05) is 18.5 Å². The summed E-state index contributed by atoms with van der Waals surface area (Å²) < 4.78 is 14.6. The average Bonchev–Trinajstić information content (AvgIpc) is 3.08. The molecular formula is C21H21FN6OS. The molecule has 0 atom stereocenters. The van der Waals surface area contributed by atoms with Crippen molar-refractivity contribution in [2.24, 2.45) is 0 Å². The van der Waals surface area contributed by atoms with Crippen LogP contribution in [-0.4, -0.2) is 33.0 Å². The maximum atomic E-state index is 13.1. The second kappa shape index (κ2) is 10.4. The summed E-state index contributed by atoms with van der Waals surface area (Å²) in [5.74, 6) is 0.840. The fourth-order valence-corrected chi connectivity index (χ4v) is 3.59. The molecule has 3 N–H and O–H groups in total. The summed E-state index contributed by atoms with van der Waals surface area (Å²) in [6.07, 6.45) is 2.84. The molecule has 3 aromatic rings. The molecule has 0 aliphatic carbocycles. The Bertz CT molecular complexity index is 1030.